The number of carbonyl (C=O) groups excluding carboxylic acids is 2. The molecule has 104 valence electrons. The first-order chi connectivity index (χ1) is 8.95. The van der Waals surface area contributed by atoms with E-state index in [1.807, 2.05) is 0 Å². The Morgan fingerprint density at radius 1 is 1.21 bits per heavy atom. The van der Waals surface area contributed by atoms with Gasteiger partial charge >= 0.3 is 12.2 Å². The number of rotatable bonds is 3. The molecule has 0 radical (unpaired) electrons. The largest absolute Gasteiger partial charge is 0.513 e. The Morgan fingerprint density at radius 2 is 1.89 bits per heavy atom. The van der Waals surface area contributed by atoms with E-state index in [-0.39, 0.29) is 18.1 Å². The highest BCUT2D eigenvalue weighted by molar-refractivity contribution is 5.73. The third-order valence-corrected chi connectivity index (χ3v) is 2.19. The third kappa shape index (κ3) is 4.17. The average molecular weight is 267 g/mol. The highest BCUT2D eigenvalue weighted by Crippen LogP contribution is 2.31. The average Bonchev–Trinajstić information content (AvgIpc) is 2.33. The Morgan fingerprint density at radius 3 is 2.47 bits per heavy atom. The van der Waals surface area contributed by atoms with Crippen LogP contribution in [-0.4, -0.2) is 37.9 Å². The number of para-hydroxylation sites is 1. The minimum atomic E-state index is -0.838. The fraction of sp³-hybridized carbons (Fsp3) is 0.385. The van der Waals surface area contributed by atoms with E-state index in [0.717, 1.165) is 0 Å². The van der Waals surface area contributed by atoms with Crippen LogP contribution < -0.4 is 9.47 Å². The van der Waals surface area contributed by atoms with Crippen LogP contribution in [0, 0.1) is 6.92 Å². The highest BCUT2D eigenvalue weighted by atomic mass is 16.7. The molecule has 0 N–H and O–H groups in total. The minimum absolute atomic E-state index is 0.147. The SMILES string of the molecule is CCOC(=O)Oc1cccc(C)c1OC(=O)N(C)C. The molecule has 0 spiro atoms. The third-order valence-electron chi connectivity index (χ3n) is 2.19. The molecule has 0 aliphatic carbocycles. The van der Waals surface area contributed by atoms with Crippen molar-refractivity contribution in [3.05, 3.63) is 23.8 Å². The van der Waals surface area contributed by atoms with Gasteiger partial charge in [-0.3, -0.25) is 0 Å². The van der Waals surface area contributed by atoms with Gasteiger partial charge in [0.2, 0.25) is 0 Å². The maximum absolute atomic E-state index is 11.6. The number of ether oxygens (including phenoxy) is 3. The molecule has 0 aliphatic heterocycles. The Labute approximate surface area is 111 Å². The molecule has 0 bridgehead atoms. The summed E-state index contributed by atoms with van der Waals surface area (Å²) in [5, 5.41) is 0. The molecule has 0 unspecified atom stereocenters. The number of benzene rings is 1. The normalized spacial score (nSPS) is 9.68. The molecule has 1 rings (SSSR count). The van der Waals surface area contributed by atoms with Crippen molar-refractivity contribution in [2.75, 3.05) is 20.7 Å². The van der Waals surface area contributed by atoms with Gasteiger partial charge in [-0.25, -0.2) is 9.59 Å². The van der Waals surface area contributed by atoms with Crippen molar-refractivity contribution in [2.45, 2.75) is 13.8 Å². The predicted molar refractivity (Wildman–Crippen MR) is 68.5 cm³/mol. The summed E-state index contributed by atoms with van der Waals surface area (Å²) in [6.07, 6.45) is -1.39. The van der Waals surface area contributed by atoms with E-state index in [1.165, 1.54) is 11.0 Å². The van der Waals surface area contributed by atoms with Crippen LogP contribution in [-0.2, 0) is 4.74 Å². The van der Waals surface area contributed by atoms with E-state index in [1.54, 1.807) is 40.1 Å². The summed E-state index contributed by atoms with van der Waals surface area (Å²) in [7, 11) is 3.12. The number of amides is 1. The fourth-order valence-corrected chi connectivity index (χ4v) is 1.25. The number of hydrogen-bond donors (Lipinski definition) is 0. The first-order valence-corrected chi connectivity index (χ1v) is 5.79. The van der Waals surface area contributed by atoms with E-state index in [0.29, 0.717) is 5.56 Å². The van der Waals surface area contributed by atoms with Crippen LogP contribution in [0.5, 0.6) is 11.5 Å². The lowest BCUT2D eigenvalue weighted by atomic mass is 10.2. The number of aryl methyl sites for hydroxylation is 1. The lowest BCUT2D eigenvalue weighted by Crippen LogP contribution is -2.26. The molecule has 19 heavy (non-hydrogen) atoms. The minimum Gasteiger partial charge on any atom is -0.434 e. The molecule has 0 atom stereocenters. The monoisotopic (exact) mass is 267 g/mol. The predicted octanol–water partition coefficient (Wildman–Crippen LogP) is 2.59. The number of hydrogen-bond acceptors (Lipinski definition) is 5. The molecular formula is C13H17NO5. The summed E-state index contributed by atoms with van der Waals surface area (Å²) < 4.78 is 14.8. The summed E-state index contributed by atoms with van der Waals surface area (Å²) in [4.78, 5) is 24.1. The van der Waals surface area contributed by atoms with Crippen molar-refractivity contribution < 1.29 is 23.8 Å². The van der Waals surface area contributed by atoms with Crippen molar-refractivity contribution >= 4 is 12.2 Å². The van der Waals surface area contributed by atoms with Crippen LogP contribution in [0.25, 0.3) is 0 Å². The molecule has 0 saturated heterocycles. The molecule has 0 heterocycles. The maximum Gasteiger partial charge on any atom is 0.513 e. The molecule has 6 heteroatoms. The van der Waals surface area contributed by atoms with Crippen LogP contribution in [0.2, 0.25) is 0 Å². The van der Waals surface area contributed by atoms with E-state index < -0.39 is 12.2 Å². The molecule has 0 fully saturated rings. The summed E-state index contributed by atoms with van der Waals surface area (Å²) >= 11 is 0. The standard InChI is InChI=1S/C13H17NO5/c1-5-17-13(16)18-10-8-6-7-9(2)11(10)19-12(15)14(3)4/h6-8H,5H2,1-4H3. The van der Waals surface area contributed by atoms with Crippen LogP contribution in [0.3, 0.4) is 0 Å². The van der Waals surface area contributed by atoms with Crippen molar-refractivity contribution in [2.24, 2.45) is 0 Å². The van der Waals surface area contributed by atoms with Crippen LogP contribution in [0.1, 0.15) is 12.5 Å². The Hall–Kier alpha value is -2.24. The van der Waals surface area contributed by atoms with Gasteiger partial charge in [-0.05, 0) is 25.5 Å². The topological polar surface area (TPSA) is 65.1 Å². The van der Waals surface area contributed by atoms with Gasteiger partial charge in [-0.1, -0.05) is 12.1 Å². The summed E-state index contributed by atoms with van der Waals surface area (Å²) in [6, 6.07) is 4.97. The molecule has 1 aromatic rings. The van der Waals surface area contributed by atoms with Gasteiger partial charge in [0, 0.05) is 14.1 Å². The molecular weight excluding hydrogens is 250 g/mol. The molecule has 6 nitrogen and oxygen atoms in total. The van der Waals surface area contributed by atoms with Crippen molar-refractivity contribution in [1.82, 2.24) is 4.90 Å². The van der Waals surface area contributed by atoms with Crippen molar-refractivity contribution in [3.63, 3.8) is 0 Å². The van der Waals surface area contributed by atoms with Crippen LogP contribution in [0.15, 0.2) is 18.2 Å². The van der Waals surface area contributed by atoms with E-state index in [4.69, 9.17) is 9.47 Å². The van der Waals surface area contributed by atoms with Crippen LogP contribution in [0.4, 0.5) is 9.59 Å². The van der Waals surface area contributed by atoms with Gasteiger partial charge in [0.1, 0.15) is 0 Å². The summed E-state index contributed by atoms with van der Waals surface area (Å²) in [5.74, 6) is 0.350. The van der Waals surface area contributed by atoms with Gasteiger partial charge in [-0.15, -0.1) is 0 Å². The van der Waals surface area contributed by atoms with Crippen molar-refractivity contribution in [1.29, 1.82) is 0 Å². The second-order valence-corrected chi connectivity index (χ2v) is 3.95. The zero-order valence-electron chi connectivity index (χ0n) is 11.4. The van der Waals surface area contributed by atoms with E-state index in [9.17, 15) is 9.59 Å². The van der Waals surface area contributed by atoms with Crippen molar-refractivity contribution in [3.8, 4) is 11.5 Å². The van der Waals surface area contributed by atoms with E-state index in [2.05, 4.69) is 4.74 Å². The zero-order chi connectivity index (χ0) is 14.4. The fourth-order valence-electron chi connectivity index (χ4n) is 1.25. The smallest absolute Gasteiger partial charge is 0.434 e. The maximum atomic E-state index is 11.6. The Kier molecular flexibility index (Phi) is 5.17. The van der Waals surface area contributed by atoms with Crippen LogP contribution >= 0.6 is 0 Å². The van der Waals surface area contributed by atoms with Gasteiger partial charge < -0.3 is 19.1 Å². The summed E-state index contributed by atoms with van der Waals surface area (Å²) in [6.45, 7) is 3.62. The Balaban J connectivity index is 2.95. The second-order valence-electron chi connectivity index (χ2n) is 3.95. The Bertz CT molecular complexity index is 470. The molecule has 1 aromatic carbocycles. The number of carbonyl (C=O) groups is 2. The lowest BCUT2D eigenvalue weighted by molar-refractivity contribution is 0.102. The first-order valence-electron chi connectivity index (χ1n) is 5.79. The molecule has 0 aliphatic rings. The second kappa shape index (κ2) is 6.63. The summed E-state index contributed by atoms with van der Waals surface area (Å²) in [5.41, 5.74) is 0.678. The van der Waals surface area contributed by atoms with Gasteiger partial charge in [0.15, 0.2) is 11.5 Å². The lowest BCUT2D eigenvalue weighted by Gasteiger charge is -2.15. The molecule has 0 saturated carbocycles. The molecule has 1 amide bonds. The van der Waals surface area contributed by atoms with Gasteiger partial charge in [-0.2, -0.15) is 0 Å². The number of nitrogens with zero attached hydrogens (tertiary/aromatic N) is 1. The zero-order valence-corrected chi connectivity index (χ0v) is 11.4. The first kappa shape index (κ1) is 14.8. The quantitative estimate of drug-likeness (QED) is 0.622. The van der Waals surface area contributed by atoms with Gasteiger partial charge in [0.05, 0.1) is 6.61 Å². The highest BCUT2D eigenvalue weighted by Gasteiger charge is 2.17. The molecule has 0 aromatic heterocycles. The van der Waals surface area contributed by atoms with E-state index >= 15 is 0 Å². The van der Waals surface area contributed by atoms with Gasteiger partial charge in [0.25, 0.3) is 0 Å².